The van der Waals surface area contributed by atoms with Gasteiger partial charge in [0, 0.05) is 11.9 Å². The Hall–Kier alpha value is -2.63. The van der Waals surface area contributed by atoms with Gasteiger partial charge in [-0.3, -0.25) is 9.68 Å². The number of hydrogen-bond acceptors (Lipinski definition) is 5. The minimum atomic E-state index is -0.813. The van der Waals surface area contributed by atoms with Crippen molar-refractivity contribution in [1.82, 2.24) is 0 Å². The Kier molecular flexibility index (Phi) is 6.91. The number of hydrogen-bond donors (Lipinski definition) is 1. The summed E-state index contributed by atoms with van der Waals surface area (Å²) in [4.78, 5) is 25.3. The molecule has 2 aromatic carbocycles. The first kappa shape index (κ1) is 23.5. The number of halogens is 1. The maximum absolute atomic E-state index is 11.1. The van der Waals surface area contributed by atoms with E-state index in [1.54, 1.807) is 12.1 Å². The van der Waals surface area contributed by atoms with Crippen LogP contribution in [0.25, 0.3) is 0 Å². The van der Waals surface area contributed by atoms with Gasteiger partial charge in [-0.05, 0) is 96.7 Å². The lowest BCUT2D eigenvalue weighted by Crippen LogP contribution is -2.39. The fourth-order valence-electron chi connectivity index (χ4n) is 5.94. The second kappa shape index (κ2) is 9.70. The van der Waals surface area contributed by atoms with E-state index in [2.05, 4.69) is 36.1 Å². The molecule has 0 amide bonds. The molecule has 1 N–H and O–H groups in total. The Morgan fingerprint density at radius 1 is 1.15 bits per heavy atom. The van der Waals surface area contributed by atoms with Crippen LogP contribution in [0.2, 0.25) is 5.02 Å². The fourth-order valence-corrected chi connectivity index (χ4v) is 6.13. The zero-order chi connectivity index (χ0) is 23.6. The van der Waals surface area contributed by atoms with E-state index in [1.165, 1.54) is 55.9 Å². The number of rotatable bonds is 2. The van der Waals surface area contributed by atoms with Crippen LogP contribution in [0.5, 0.6) is 5.75 Å². The van der Waals surface area contributed by atoms with Crippen LogP contribution in [-0.4, -0.2) is 17.2 Å². The Morgan fingerprint density at radius 2 is 1.97 bits per heavy atom. The summed E-state index contributed by atoms with van der Waals surface area (Å²) in [5, 5.41) is 8.41. The van der Waals surface area contributed by atoms with E-state index in [0.29, 0.717) is 22.1 Å². The number of fused-ring (bicyclic) bond motifs is 5. The van der Waals surface area contributed by atoms with Gasteiger partial charge in [0.25, 0.3) is 0 Å². The van der Waals surface area contributed by atoms with Gasteiger partial charge in [-0.25, -0.2) is 4.79 Å². The molecule has 0 aromatic heterocycles. The number of ether oxygens (including phenoxy) is 1. The number of aryl methyl sites for hydroxylation is 1. The van der Waals surface area contributed by atoms with Gasteiger partial charge >= 0.3 is 11.9 Å². The van der Waals surface area contributed by atoms with Gasteiger partial charge in [0.1, 0.15) is 5.75 Å². The molecule has 5 rings (SSSR count). The van der Waals surface area contributed by atoms with E-state index >= 15 is 0 Å². The zero-order valence-corrected chi connectivity index (χ0v) is 19.7. The van der Waals surface area contributed by atoms with Gasteiger partial charge in [0.05, 0.1) is 5.56 Å². The van der Waals surface area contributed by atoms with Crippen molar-refractivity contribution < 1.29 is 24.5 Å². The van der Waals surface area contributed by atoms with Gasteiger partial charge in [-0.15, -0.1) is 0 Å². The van der Waals surface area contributed by atoms with Gasteiger partial charge < -0.3 is 4.74 Å². The highest BCUT2D eigenvalue weighted by molar-refractivity contribution is 6.30. The number of allylic oxidation sites excluding steroid dienone is 2. The van der Waals surface area contributed by atoms with E-state index in [-0.39, 0.29) is 11.5 Å². The van der Waals surface area contributed by atoms with Crippen LogP contribution in [0, 0.1) is 17.3 Å². The topological polar surface area (TPSA) is 72.8 Å². The molecule has 3 aliphatic carbocycles. The van der Waals surface area contributed by atoms with Crippen molar-refractivity contribution in [3.63, 3.8) is 0 Å². The normalized spacial score (nSPS) is 26.7. The molecule has 33 heavy (non-hydrogen) atoms. The Bertz CT molecular complexity index is 1080. The van der Waals surface area contributed by atoms with Crippen LogP contribution in [-0.2, 0) is 16.1 Å². The Labute approximate surface area is 199 Å². The van der Waals surface area contributed by atoms with E-state index in [4.69, 9.17) is 21.6 Å². The largest absolute Gasteiger partial charge is 0.427 e. The van der Waals surface area contributed by atoms with Crippen LogP contribution >= 0.6 is 11.6 Å². The van der Waals surface area contributed by atoms with Crippen molar-refractivity contribution in [2.75, 3.05) is 0 Å². The van der Waals surface area contributed by atoms with Gasteiger partial charge in [0.15, 0.2) is 0 Å². The Morgan fingerprint density at radius 3 is 2.70 bits per heavy atom. The average molecular weight is 469 g/mol. The first-order chi connectivity index (χ1) is 15.8. The lowest BCUT2D eigenvalue weighted by Gasteiger charge is -2.49. The molecule has 3 aliphatic rings. The fraction of sp³-hybridized carbons (Fsp3) is 0.407. The van der Waals surface area contributed by atoms with Crippen molar-refractivity contribution in [3.05, 3.63) is 76.3 Å². The molecule has 2 aromatic rings. The highest BCUT2D eigenvalue weighted by atomic mass is 35.5. The summed E-state index contributed by atoms with van der Waals surface area (Å²) in [6, 6.07) is 12.4. The lowest BCUT2D eigenvalue weighted by atomic mass is 9.56. The predicted octanol–water partition coefficient (Wildman–Crippen LogP) is 6.60. The van der Waals surface area contributed by atoms with Crippen LogP contribution in [0.4, 0.5) is 0 Å². The van der Waals surface area contributed by atoms with Crippen molar-refractivity contribution in [3.8, 4) is 5.75 Å². The van der Waals surface area contributed by atoms with Crippen LogP contribution in [0.3, 0.4) is 0 Å². The maximum Gasteiger partial charge on any atom is 0.372 e. The zero-order valence-electron chi connectivity index (χ0n) is 18.9. The van der Waals surface area contributed by atoms with Crippen molar-refractivity contribution in [1.29, 1.82) is 0 Å². The van der Waals surface area contributed by atoms with Crippen LogP contribution < -0.4 is 4.74 Å². The molecular formula is C27H29ClO5. The summed E-state index contributed by atoms with van der Waals surface area (Å²) in [5.74, 6) is 2.00. The van der Waals surface area contributed by atoms with Gasteiger partial charge in [0.2, 0.25) is 0 Å². The molecule has 0 radical (unpaired) electrons. The van der Waals surface area contributed by atoms with E-state index in [1.807, 2.05) is 6.07 Å². The summed E-state index contributed by atoms with van der Waals surface area (Å²) in [7, 11) is 0. The molecule has 1 saturated carbocycles. The second-order valence-corrected chi connectivity index (χ2v) is 9.88. The van der Waals surface area contributed by atoms with E-state index in [0.717, 1.165) is 18.3 Å². The molecule has 0 saturated heterocycles. The molecule has 0 heterocycles. The van der Waals surface area contributed by atoms with Gasteiger partial charge in [-0.2, -0.15) is 5.26 Å². The molecule has 0 aliphatic heterocycles. The highest BCUT2D eigenvalue weighted by Gasteiger charge is 2.48. The van der Waals surface area contributed by atoms with Gasteiger partial charge in [-0.1, -0.05) is 42.8 Å². The SMILES string of the molecule is CC(=O)Oc1ccc2c(c1)CC[C@@H]1[C@@H]2CC[C@]2(C)C=CC[C@@H]12.O=C(OO)c1cccc(Cl)c1. The van der Waals surface area contributed by atoms with E-state index in [9.17, 15) is 9.59 Å². The first-order valence-electron chi connectivity index (χ1n) is 11.4. The summed E-state index contributed by atoms with van der Waals surface area (Å²) < 4.78 is 5.25. The van der Waals surface area contributed by atoms with Crippen molar-refractivity contribution in [2.45, 2.75) is 51.9 Å². The summed E-state index contributed by atoms with van der Waals surface area (Å²) in [5.41, 5.74) is 3.58. The van der Waals surface area contributed by atoms with E-state index < -0.39 is 5.97 Å². The quantitative estimate of drug-likeness (QED) is 0.176. The standard InChI is InChI=1S/C20H24O2.C7H5ClO3/c1-13(21)22-15-6-8-16-14(12-15)5-7-18-17(16)9-11-20(2)10-3-4-19(18)20;8-6-3-1-2-5(4-6)7(9)11-10/h3,6,8,10,12,17-19H,4-5,7,9,11H2,1-2H3;1-4,10H/t17-,18-,19+,20+;/m1./s1. The number of benzene rings is 2. The maximum atomic E-state index is 11.1. The molecule has 174 valence electrons. The predicted molar refractivity (Wildman–Crippen MR) is 126 cm³/mol. The number of carbonyl (C=O) groups excluding carboxylic acids is 2. The molecule has 0 bridgehead atoms. The molecule has 0 unspecified atom stereocenters. The average Bonchev–Trinajstić information content (AvgIpc) is 3.20. The molecular weight excluding hydrogens is 440 g/mol. The highest BCUT2D eigenvalue weighted by Crippen LogP contribution is 2.58. The summed E-state index contributed by atoms with van der Waals surface area (Å²) in [6.45, 7) is 3.92. The second-order valence-electron chi connectivity index (χ2n) is 9.44. The summed E-state index contributed by atoms with van der Waals surface area (Å²) in [6.07, 6.45) is 11.2. The lowest BCUT2D eigenvalue weighted by molar-refractivity contribution is -0.182. The third kappa shape index (κ3) is 4.99. The van der Waals surface area contributed by atoms with Crippen molar-refractivity contribution >= 4 is 23.5 Å². The van der Waals surface area contributed by atoms with Crippen LogP contribution in [0.1, 0.15) is 66.9 Å². The third-order valence-corrected chi connectivity index (χ3v) is 7.66. The smallest absolute Gasteiger partial charge is 0.372 e. The summed E-state index contributed by atoms with van der Waals surface area (Å²) >= 11 is 5.56. The molecule has 0 spiro atoms. The Balaban J connectivity index is 0.000000200. The van der Waals surface area contributed by atoms with Crippen LogP contribution in [0.15, 0.2) is 54.6 Å². The third-order valence-electron chi connectivity index (χ3n) is 7.43. The monoisotopic (exact) mass is 468 g/mol. The minimum absolute atomic E-state index is 0.222. The molecule has 1 fully saturated rings. The molecule has 4 atom stereocenters. The number of esters is 1. The first-order valence-corrected chi connectivity index (χ1v) is 11.8. The number of carbonyl (C=O) groups is 2. The minimum Gasteiger partial charge on any atom is -0.427 e. The molecule has 5 nitrogen and oxygen atoms in total. The van der Waals surface area contributed by atoms with Crippen molar-refractivity contribution in [2.24, 2.45) is 17.3 Å². The molecule has 6 heteroatoms.